The first-order chi connectivity index (χ1) is 6.33. The molecule has 1 aliphatic carbocycles. The highest BCUT2D eigenvalue weighted by Gasteiger charge is 2.18. The van der Waals surface area contributed by atoms with Gasteiger partial charge in [-0.1, -0.05) is 13.3 Å². The van der Waals surface area contributed by atoms with Crippen molar-refractivity contribution >= 4 is 0 Å². The molecule has 0 aromatic heterocycles. The van der Waals surface area contributed by atoms with Gasteiger partial charge in [-0.15, -0.1) is 0 Å². The van der Waals surface area contributed by atoms with Gasteiger partial charge >= 0.3 is 0 Å². The monoisotopic (exact) mass is 185 g/mol. The molecule has 0 atom stereocenters. The summed E-state index contributed by atoms with van der Waals surface area (Å²) < 4.78 is 5.61. The zero-order chi connectivity index (χ0) is 9.52. The summed E-state index contributed by atoms with van der Waals surface area (Å²) in [5.41, 5.74) is 5.83. The van der Waals surface area contributed by atoms with Crippen LogP contribution in [-0.2, 0) is 4.74 Å². The highest BCUT2D eigenvalue weighted by molar-refractivity contribution is 4.73. The van der Waals surface area contributed by atoms with Crippen LogP contribution in [-0.4, -0.2) is 19.3 Å². The lowest BCUT2D eigenvalue weighted by molar-refractivity contribution is 0.0811. The molecule has 0 bridgehead atoms. The van der Waals surface area contributed by atoms with Crippen LogP contribution >= 0.6 is 0 Å². The Labute approximate surface area is 81.8 Å². The first-order valence-electron chi connectivity index (χ1n) is 5.66. The Morgan fingerprint density at radius 2 is 1.92 bits per heavy atom. The van der Waals surface area contributed by atoms with Crippen LogP contribution in [0.5, 0.6) is 0 Å². The molecule has 1 aliphatic rings. The van der Waals surface area contributed by atoms with Crippen molar-refractivity contribution in [1.29, 1.82) is 0 Å². The third-order valence-corrected chi connectivity index (χ3v) is 2.89. The van der Waals surface area contributed by atoms with Crippen LogP contribution in [0, 0.1) is 5.92 Å². The van der Waals surface area contributed by atoms with Crippen LogP contribution < -0.4 is 5.73 Å². The molecule has 13 heavy (non-hydrogen) atoms. The quantitative estimate of drug-likeness (QED) is 0.667. The Kier molecular flexibility index (Phi) is 5.40. The molecular weight excluding hydrogens is 162 g/mol. The number of hydrogen-bond acceptors (Lipinski definition) is 2. The minimum atomic E-state index is 0.465. The third kappa shape index (κ3) is 4.63. The maximum Gasteiger partial charge on any atom is 0.0494 e. The average Bonchev–Trinajstić information content (AvgIpc) is 2.15. The van der Waals surface area contributed by atoms with E-state index < -0.39 is 0 Å². The van der Waals surface area contributed by atoms with Crippen molar-refractivity contribution < 1.29 is 4.74 Å². The number of unbranched alkanes of at least 4 members (excludes halogenated alkanes) is 1. The smallest absolute Gasteiger partial charge is 0.0494 e. The van der Waals surface area contributed by atoms with E-state index in [1.807, 2.05) is 0 Å². The molecule has 2 heteroatoms. The van der Waals surface area contributed by atoms with Crippen LogP contribution in [0.2, 0.25) is 0 Å². The van der Waals surface area contributed by atoms with Crippen molar-refractivity contribution in [3.63, 3.8) is 0 Å². The van der Waals surface area contributed by atoms with Crippen molar-refractivity contribution in [2.75, 3.05) is 13.2 Å². The van der Waals surface area contributed by atoms with Gasteiger partial charge in [0.15, 0.2) is 0 Å². The Morgan fingerprint density at radius 3 is 2.54 bits per heavy atom. The Morgan fingerprint density at radius 1 is 1.23 bits per heavy atom. The van der Waals surface area contributed by atoms with Crippen LogP contribution in [0.15, 0.2) is 0 Å². The van der Waals surface area contributed by atoms with Crippen molar-refractivity contribution in [2.45, 2.75) is 51.5 Å². The second-order valence-corrected chi connectivity index (χ2v) is 4.21. The Bertz CT molecular complexity index is 119. The van der Waals surface area contributed by atoms with Crippen LogP contribution in [0.25, 0.3) is 0 Å². The van der Waals surface area contributed by atoms with Gasteiger partial charge in [-0.25, -0.2) is 0 Å². The molecule has 1 fully saturated rings. The van der Waals surface area contributed by atoms with Gasteiger partial charge in [-0.05, 0) is 38.0 Å². The molecule has 0 heterocycles. The second kappa shape index (κ2) is 6.39. The highest BCUT2D eigenvalue weighted by atomic mass is 16.5. The van der Waals surface area contributed by atoms with Gasteiger partial charge in [-0.2, -0.15) is 0 Å². The van der Waals surface area contributed by atoms with Gasteiger partial charge in [0.2, 0.25) is 0 Å². The van der Waals surface area contributed by atoms with Crippen LogP contribution in [0.4, 0.5) is 0 Å². The Balaban J connectivity index is 1.96. The summed E-state index contributed by atoms with van der Waals surface area (Å²) in [7, 11) is 0. The van der Waals surface area contributed by atoms with Gasteiger partial charge in [0.05, 0.1) is 0 Å². The first-order valence-corrected chi connectivity index (χ1v) is 5.66. The normalized spacial score (nSPS) is 29.1. The standard InChI is InChI=1S/C11H23NO/c1-2-3-8-13-9-10-4-6-11(12)7-5-10/h10-11H,2-9,12H2,1H3. The molecule has 0 aliphatic heterocycles. The SMILES string of the molecule is CCCCOCC1CCC(N)CC1. The molecule has 2 N–H and O–H groups in total. The van der Waals surface area contributed by atoms with E-state index in [2.05, 4.69) is 6.92 Å². The highest BCUT2D eigenvalue weighted by Crippen LogP contribution is 2.23. The van der Waals surface area contributed by atoms with E-state index in [1.54, 1.807) is 0 Å². The van der Waals surface area contributed by atoms with Gasteiger partial charge < -0.3 is 10.5 Å². The van der Waals surface area contributed by atoms with Gasteiger partial charge in [-0.3, -0.25) is 0 Å². The number of ether oxygens (including phenoxy) is 1. The minimum absolute atomic E-state index is 0.465. The largest absolute Gasteiger partial charge is 0.381 e. The number of rotatable bonds is 5. The Hall–Kier alpha value is -0.0800. The summed E-state index contributed by atoms with van der Waals surface area (Å²) in [4.78, 5) is 0. The number of hydrogen-bond donors (Lipinski definition) is 1. The lowest BCUT2D eigenvalue weighted by Crippen LogP contribution is -2.28. The molecule has 0 radical (unpaired) electrons. The van der Waals surface area contributed by atoms with E-state index in [9.17, 15) is 0 Å². The molecule has 1 rings (SSSR count). The van der Waals surface area contributed by atoms with Gasteiger partial charge in [0, 0.05) is 19.3 Å². The lowest BCUT2D eigenvalue weighted by atomic mass is 9.87. The minimum Gasteiger partial charge on any atom is -0.381 e. The fourth-order valence-electron chi connectivity index (χ4n) is 1.85. The van der Waals surface area contributed by atoms with E-state index in [0.29, 0.717) is 6.04 Å². The second-order valence-electron chi connectivity index (χ2n) is 4.21. The van der Waals surface area contributed by atoms with Crippen LogP contribution in [0.3, 0.4) is 0 Å². The van der Waals surface area contributed by atoms with E-state index in [-0.39, 0.29) is 0 Å². The zero-order valence-corrected chi connectivity index (χ0v) is 8.80. The summed E-state index contributed by atoms with van der Waals surface area (Å²) in [5.74, 6) is 0.789. The zero-order valence-electron chi connectivity index (χ0n) is 8.80. The van der Waals surface area contributed by atoms with E-state index >= 15 is 0 Å². The van der Waals surface area contributed by atoms with E-state index in [1.165, 1.54) is 38.5 Å². The van der Waals surface area contributed by atoms with Crippen molar-refractivity contribution in [3.05, 3.63) is 0 Å². The van der Waals surface area contributed by atoms with E-state index in [4.69, 9.17) is 10.5 Å². The molecule has 78 valence electrons. The van der Waals surface area contributed by atoms with Crippen molar-refractivity contribution in [2.24, 2.45) is 11.7 Å². The molecule has 2 nitrogen and oxygen atoms in total. The van der Waals surface area contributed by atoms with E-state index in [0.717, 1.165) is 19.1 Å². The molecule has 0 saturated heterocycles. The van der Waals surface area contributed by atoms with Gasteiger partial charge in [0.25, 0.3) is 0 Å². The maximum absolute atomic E-state index is 5.83. The van der Waals surface area contributed by atoms with Crippen LogP contribution in [0.1, 0.15) is 45.4 Å². The first kappa shape index (κ1) is 11.0. The summed E-state index contributed by atoms with van der Waals surface area (Å²) in [5, 5.41) is 0. The van der Waals surface area contributed by atoms with Crippen molar-refractivity contribution in [3.8, 4) is 0 Å². The van der Waals surface area contributed by atoms with Crippen molar-refractivity contribution in [1.82, 2.24) is 0 Å². The third-order valence-electron chi connectivity index (χ3n) is 2.89. The molecule has 1 saturated carbocycles. The summed E-state index contributed by atoms with van der Waals surface area (Å²) >= 11 is 0. The maximum atomic E-state index is 5.83. The molecule has 0 spiro atoms. The molecule has 0 aromatic rings. The van der Waals surface area contributed by atoms with Gasteiger partial charge in [0.1, 0.15) is 0 Å². The average molecular weight is 185 g/mol. The topological polar surface area (TPSA) is 35.2 Å². The molecule has 0 unspecified atom stereocenters. The molecule has 0 aromatic carbocycles. The number of nitrogens with two attached hydrogens (primary N) is 1. The predicted octanol–water partition coefficient (Wildman–Crippen LogP) is 2.32. The fourth-order valence-corrected chi connectivity index (χ4v) is 1.85. The summed E-state index contributed by atoms with van der Waals surface area (Å²) in [6.07, 6.45) is 7.37. The fraction of sp³-hybridized carbons (Fsp3) is 1.00. The molecular formula is C11H23NO. The lowest BCUT2D eigenvalue weighted by Gasteiger charge is -2.25. The summed E-state index contributed by atoms with van der Waals surface area (Å²) in [6, 6.07) is 0.465. The molecule has 0 amide bonds. The predicted molar refractivity (Wildman–Crippen MR) is 55.7 cm³/mol. The summed E-state index contributed by atoms with van der Waals surface area (Å²) in [6.45, 7) is 4.11.